The van der Waals surface area contributed by atoms with Crippen LogP contribution in [0.2, 0.25) is 10.0 Å². The van der Waals surface area contributed by atoms with Gasteiger partial charge in [-0.2, -0.15) is 0 Å². The summed E-state index contributed by atoms with van der Waals surface area (Å²) >= 11 is 12.6. The molecule has 0 aromatic heterocycles. The molecular formula is C22H26Cl2N2O2. The van der Waals surface area contributed by atoms with Crippen molar-refractivity contribution in [3.8, 4) is 5.75 Å². The zero-order valence-corrected chi connectivity index (χ0v) is 17.8. The minimum absolute atomic E-state index is 0.0233. The maximum Gasteiger partial charge on any atom is 0.223 e. The summed E-state index contributed by atoms with van der Waals surface area (Å²) in [6.45, 7) is 4.40. The van der Waals surface area contributed by atoms with Gasteiger partial charge in [0.15, 0.2) is 0 Å². The van der Waals surface area contributed by atoms with Crippen molar-refractivity contribution in [1.82, 2.24) is 10.2 Å². The highest BCUT2D eigenvalue weighted by molar-refractivity contribution is 6.35. The maximum atomic E-state index is 12.7. The van der Waals surface area contributed by atoms with Gasteiger partial charge in [0.1, 0.15) is 5.75 Å². The van der Waals surface area contributed by atoms with E-state index in [9.17, 15) is 4.79 Å². The number of hydrogen-bond donors (Lipinski definition) is 1. The van der Waals surface area contributed by atoms with Crippen molar-refractivity contribution < 1.29 is 9.53 Å². The number of hydrogen-bond acceptors (Lipinski definition) is 3. The summed E-state index contributed by atoms with van der Waals surface area (Å²) in [6.07, 6.45) is 1.65. The highest BCUT2D eigenvalue weighted by Gasteiger charge is 2.27. The first kappa shape index (κ1) is 21.0. The van der Waals surface area contributed by atoms with Gasteiger partial charge in [0.05, 0.1) is 13.2 Å². The lowest BCUT2D eigenvalue weighted by Crippen LogP contribution is -2.41. The number of halogens is 2. The second kappa shape index (κ2) is 9.64. The van der Waals surface area contributed by atoms with Crippen molar-refractivity contribution in [2.24, 2.45) is 5.92 Å². The topological polar surface area (TPSA) is 41.6 Å². The van der Waals surface area contributed by atoms with Gasteiger partial charge in [-0.1, -0.05) is 47.5 Å². The number of carbonyl (C=O) groups excluding carboxylic acids is 1. The molecule has 2 aromatic rings. The van der Waals surface area contributed by atoms with Gasteiger partial charge in [-0.25, -0.2) is 0 Å². The van der Waals surface area contributed by atoms with E-state index in [0.29, 0.717) is 16.6 Å². The first-order valence-corrected chi connectivity index (χ1v) is 10.3. The van der Waals surface area contributed by atoms with Gasteiger partial charge >= 0.3 is 0 Å². The second-order valence-corrected chi connectivity index (χ2v) is 8.04. The molecule has 1 aliphatic rings. The first-order chi connectivity index (χ1) is 13.5. The van der Waals surface area contributed by atoms with Gasteiger partial charge in [-0.05, 0) is 51.1 Å². The van der Waals surface area contributed by atoms with Crippen LogP contribution in [-0.2, 0) is 11.3 Å². The molecule has 0 spiro atoms. The molecule has 1 atom stereocenters. The lowest BCUT2D eigenvalue weighted by Gasteiger charge is -2.32. The number of methoxy groups -OCH3 is 1. The fraction of sp³-hybridized carbons (Fsp3) is 0.409. The van der Waals surface area contributed by atoms with Crippen molar-refractivity contribution in [1.29, 1.82) is 0 Å². The van der Waals surface area contributed by atoms with E-state index in [2.05, 4.69) is 10.2 Å². The van der Waals surface area contributed by atoms with E-state index in [1.165, 1.54) is 0 Å². The Morgan fingerprint density at radius 3 is 2.43 bits per heavy atom. The molecule has 0 saturated carbocycles. The smallest absolute Gasteiger partial charge is 0.223 e. The third-order valence-electron chi connectivity index (χ3n) is 5.37. The lowest BCUT2D eigenvalue weighted by atomic mass is 9.94. The Kier molecular flexibility index (Phi) is 7.22. The predicted molar refractivity (Wildman–Crippen MR) is 114 cm³/mol. The van der Waals surface area contributed by atoms with Gasteiger partial charge < -0.3 is 10.1 Å². The zero-order chi connectivity index (χ0) is 20.1. The maximum absolute atomic E-state index is 12.7. The van der Waals surface area contributed by atoms with Crippen LogP contribution >= 0.6 is 23.2 Å². The molecule has 2 aromatic carbocycles. The van der Waals surface area contributed by atoms with Crippen LogP contribution in [0.25, 0.3) is 0 Å². The summed E-state index contributed by atoms with van der Waals surface area (Å²) < 4.78 is 5.40. The largest absolute Gasteiger partial charge is 0.496 e. The van der Waals surface area contributed by atoms with E-state index < -0.39 is 0 Å². The molecule has 150 valence electrons. The standard InChI is InChI=1S/C22H26Cl2N2O2/c1-15(17-6-3-4-9-21(17)28-2)25-22(27)16-10-12-26(13-11-16)14-18-19(23)7-5-8-20(18)24/h3-9,15-16H,10-14H2,1-2H3,(H,25,27)/t15-/m0/s1. The monoisotopic (exact) mass is 420 g/mol. The molecule has 3 rings (SSSR count). The van der Waals surface area contributed by atoms with Crippen LogP contribution in [0, 0.1) is 5.92 Å². The summed E-state index contributed by atoms with van der Waals surface area (Å²) in [5.74, 6) is 0.922. The van der Waals surface area contributed by atoms with E-state index >= 15 is 0 Å². The number of piperidine rings is 1. The number of ether oxygens (including phenoxy) is 1. The highest BCUT2D eigenvalue weighted by Crippen LogP contribution is 2.29. The minimum Gasteiger partial charge on any atom is -0.496 e. The number of carbonyl (C=O) groups is 1. The predicted octanol–water partition coefficient (Wildman–Crippen LogP) is 5.09. The molecule has 1 saturated heterocycles. The van der Waals surface area contributed by atoms with E-state index in [1.54, 1.807) is 7.11 Å². The van der Waals surface area contributed by atoms with Crippen LogP contribution in [0.4, 0.5) is 0 Å². The molecule has 0 radical (unpaired) electrons. The average molecular weight is 421 g/mol. The van der Waals surface area contributed by atoms with E-state index in [1.807, 2.05) is 49.4 Å². The van der Waals surface area contributed by atoms with Crippen LogP contribution in [-0.4, -0.2) is 31.0 Å². The molecule has 0 bridgehead atoms. The van der Waals surface area contributed by atoms with Gasteiger partial charge in [0.2, 0.25) is 5.91 Å². The molecule has 0 unspecified atom stereocenters. The normalized spacial score (nSPS) is 16.6. The number of rotatable bonds is 6. The van der Waals surface area contributed by atoms with Crippen LogP contribution in [0.5, 0.6) is 5.75 Å². The lowest BCUT2D eigenvalue weighted by molar-refractivity contribution is -0.127. The Balaban J connectivity index is 1.54. The summed E-state index contributed by atoms with van der Waals surface area (Å²) in [7, 11) is 1.65. The Labute approximate surface area is 176 Å². The van der Waals surface area contributed by atoms with Crippen LogP contribution in [0.1, 0.15) is 36.9 Å². The van der Waals surface area contributed by atoms with Gasteiger partial charge in [-0.3, -0.25) is 9.69 Å². The van der Waals surface area contributed by atoms with E-state index in [0.717, 1.165) is 42.8 Å². The molecule has 1 fully saturated rings. The summed E-state index contributed by atoms with van der Waals surface area (Å²) in [4.78, 5) is 15.0. The fourth-order valence-corrected chi connectivity index (χ4v) is 4.21. The number of likely N-dealkylation sites (tertiary alicyclic amines) is 1. The molecular weight excluding hydrogens is 395 g/mol. The Morgan fingerprint density at radius 1 is 1.14 bits per heavy atom. The summed E-state index contributed by atoms with van der Waals surface area (Å²) in [5.41, 5.74) is 1.95. The Hall–Kier alpha value is -1.75. The van der Waals surface area contributed by atoms with Crippen molar-refractivity contribution in [3.05, 3.63) is 63.6 Å². The van der Waals surface area contributed by atoms with Crippen LogP contribution in [0.3, 0.4) is 0 Å². The number of amides is 1. The molecule has 4 nitrogen and oxygen atoms in total. The third kappa shape index (κ3) is 4.99. The zero-order valence-electron chi connectivity index (χ0n) is 16.3. The number of para-hydroxylation sites is 1. The molecule has 1 amide bonds. The SMILES string of the molecule is COc1ccccc1[C@H](C)NC(=O)C1CCN(Cc2c(Cl)cccc2Cl)CC1. The Morgan fingerprint density at radius 2 is 1.79 bits per heavy atom. The Bertz CT molecular complexity index is 800. The van der Waals surface area contributed by atoms with Gasteiger partial charge in [0.25, 0.3) is 0 Å². The number of benzene rings is 2. The highest BCUT2D eigenvalue weighted by atomic mass is 35.5. The van der Waals surface area contributed by atoms with Crippen molar-refractivity contribution in [3.63, 3.8) is 0 Å². The molecule has 1 aliphatic heterocycles. The first-order valence-electron chi connectivity index (χ1n) is 9.58. The van der Waals surface area contributed by atoms with E-state index in [4.69, 9.17) is 27.9 Å². The van der Waals surface area contributed by atoms with Crippen molar-refractivity contribution in [2.75, 3.05) is 20.2 Å². The second-order valence-electron chi connectivity index (χ2n) is 7.22. The molecule has 1 N–H and O–H groups in total. The minimum atomic E-state index is -0.0939. The van der Waals surface area contributed by atoms with Crippen molar-refractivity contribution in [2.45, 2.75) is 32.4 Å². The summed E-state index contributed by atoms with van der Waals surface area (Å²) in [6, 6.07) is 13.3. The fourth-order valence-electron chi connectivity index (χ4n) is 3.69. The molecule has 6 heteroatoms. The average Bonchev–Trinajstić information content (AvgIpc) is 2.71. The van der Waals surface area contributed by atoms with Gasteiger partial charge in [-0.15, -0.1) is 0 Å². The van der Waals surface area contributed by atoms with Crippen LogP contribution < -0.4 is 10.1 Å². The molecule has 28 heavy (non-hydrogen) atoms. The molecule has 1 heterocycles. The number of nitrogens with one attached hydrogen (secondary N) is 1. The molecule has 0 aliphatic carbocycles. The van der Waals surface area contributed by atoms with E-state index in [-0.39, 0.29) is 17.9 Å². The van der Waals surface area contributed by atoms with Gasteiger partial charge in [0, 0.05) is 33.6 Å². The van der Waals surface area contributed by atoms with Crippen molar-refractivity contribution >= 4 is 29.1 Å². The third-order valence-corrected chi connectivity index (χ3v) is 6.07. The number of nitrogens with zero attached hydrogens (tertiary/aromatic N) is 1. The summed E-state index contributed by atoms with van der Waals surface area (Å²) in [5, 5.41) is 4.53. The quantitative estimate of drug-likeness (QED) is 0.707. The van der Waals surface area contributed by atoms with Crippen LogP contribution in [0.15, 0.2) is 42.5 Å².